The van der Waals surface area contributed by atoms with Crippen LogP contribution in [0.2, 0.25) is 0 Å². The highest BCUT2D eigenvalue weighted by molar-refractivity contribution is 9.10. The lowest BCUT2D eigenvalue weighted by Gasteiger charge is -2.12. The van der Waals surface area contributed by atoms with Crippen molar-refractivity contribution >= 4 is 32.8 Å². The highest BCUT2D eigenvalue weighted by atomic mass is 79.9. The zero-order chi connectivity index (χ0) is 20.5. The van der Waals surface area contributed by atoms with Gasteiger partial charge in [-0.05, 0) is 62.7 Å². The fourth-order valence-corrected chi connectivity index (χ4v) is 3.65. The van der Waals surface area contributed by atoms with E-state index in [0.29, 0.717) is 11.3 Å². The Morgan fingerprint density at radius 3 is 2.24 bits per heavy atom. The summed E-state index contributed by atoms with van der Waals surface area (Å²) < 4.78 is 6.60. The molecule has 0 aliphatic rings. The number of esters is 1. The summed E-state index contributed by atoms with van der Waals surface area (Å²) in [6.07, 6.45) is 0. The van der Waals surface area contributed by atoms with Crippen LogP contribution in [0.5, 0.6) is 5.75 Å². The van der Waals surface area contributed by atoms with Gasteiger partial charge in [-0.15, -0.1) is 0 Å². The summed E-state index contributed by atoms with van der Waals surface area (Å²) in [6.45, 7) is 6.08. The zero-order valence-electron chi connectivity index (χ0n) is 16.5. The van der Waals surface area contributed by atoms with Gasteiger partial charge in [-0.2, -0.15) is 0 Å². The summed E-state index contributed by atoms with van der Waals surface area (Å²) in [5.74, 6) is 0.113. The third-order valence-electron chi connectivity index (χ3n) is 4.84. The lowest BCUT2D eigenvalue weighted by Crippen LogP contribution is -2.10. The van der Waals surface area contributed by atoms with Crippen molar-refractivity contribution in [1.82, 2.24) is 4.98 Å². The number of hydrogen-bond acceptors (Lipinski definition) is 3. The second kappa shape index (κ2) is 7.80. The van der Waals surface area contributed by atoms with E-state index in [-0.39, 0.29) is 0 Å². The number of aromatic nitrogens is 1. The lowest BCUT2D eigenvalue weighted by molar-refractivity contribution is 0.0737. The van der Waals surface area contributed by atoms with Gasteiger partial charge in [0, 0.05) is 15.4 Å². The monoisotopic (exact) mass is 445 g/mol. The van der Waals surface area contributed by atoms with Gasteiger partial charge in [0.05, 0.1) is 16.8 Å². The Kier molecular flexibility index (Phi) is 5.20. The molecule has 0 amide bonds. The van der Waals surface area contributed by atoms with Crippen LogP contribution >= 0.6 is 15.9 Å². The molecule has 1 aromatic heterocycles. The number of carbonyl (C=O) groups excluding carboxylic acids is 1. The van der Waals surface area contributed by atoms with E-state index >= 15 is 0 Å². The van der Waals surface area contributed by atoms with Gasteiger partial charge in [0.15, 0.2) is 0 Å². The number of aryl methyl sites for hydroxylation is 3. The number of rotatable bonds is 3. The molecule has 0 saturated carbocycles. The van der Waals surface area contributed by atoms with Crippen molar-refractivity contribution < 1.29 is 9.53 Å². The summed E-state index contributed by atoms with van der Waals surface area (Å²) in [5, 5.41) is 0.806. The van der Waals surface area contributed by atoms with Gasteiger partial charge in [-0.25, -0.2) is 9.78 Å². The van der Waals surface area contributed by atoms with Crippen LogP contribution in [0.3, 0.4) is 0 Å². The van der Waals surface area contributed by atoms with Crippen molar-refractivity contribution in [2.24, 2.45) is 0 Å². The summed E-state index contributed by atoms with van der Waals surface area (Å²) >= 11 is 3.40. The van der Waals surface area contributed by atoms with E-state index in [0.717, 1.165) is 37.8 Å². The number of benzene rings is 3. The van der Waals surface area contributed by atoms with Gasteiger partial charge < -0.3 is 4.74 Å². The minimum absolute atomic E-state index is 0.391. The highest BCUT2D eigenvalue weighted by Crippen LogP contribution is 2.29. The van der Waals surface area contributed by atoms with E-state index < -0.39 is 5.97 Å². The molecule has 29 heavy (non-hydrogen) atoms. The highest BCUT2D eigenvalue weighted by Gasteiger charge is 2.17. The van der Waals surface area contributed by atoms with E-state index in [1.807, 2.05) is 69.3 Å². The number of carbonyl (C=O) groups is 1. The molecular formula is C25H20BrNO2. The van der Waals surface area contributed by atoms with Gasteiger partial charge in [-0.3, -0.25) is 0 Å². The first-order valence-corrected chi connectivity index (χ1v) is 10.2. The Morgan fingerprint density at radius 1 is 0.862 bits per heavy atom. The molecule has 0 aliphatic carbocycles. The molecule has 4 rings (SSSR count). The molecule has 0 bridgehead atoms. The third-order valence-corrected chi connectivity index (χ3v) is 5.37. The SMILES string of the molecule is Cc1ccc(-c2cc(C(=O)Oc3ccc(Br)cc3)c3cc(C)cc(C)c3n2)cc1. The van der Waals surface area contributed by atoms with E-state index in [1.54, 1.807) is 12.1 Å². The Labute approximate surface area is 178 Å². The lowest BCUT2D eigenvalue weighted by atomic mass is 9.99. The minimum Gasteiger partial charge on any atom is -0.423 e. The Bertz CT molecular complexity index is 1210. The summed E-state index contributed by atoms with van der Waals surface area (Å²) in [4.78, 5) is 18.0. The minimum atomic E-state index is -0.391. The first-order valence-electron chi connectivity index (χ1n) is 9.37. The predicted octanol–water partition coefficient (Wildman–Crippen LogP) is 6.81. The number of pyridine rings is 1. The number of nitrogens with zero attached hydrogens (tertiary/aromatic N) is 1. The van der Waals surface area contributed by atoms with Crippen LogP contribution in [-0.4, -0.2) is 11.0 Å². The number of halogens is 1. The molecule has 0 aliphatic heterocycles. The van der Waals surface area contributed by atoms with E-state index in [4.69, 9.17) is 9.72 Å². The average molecular weight is 446 g/mol. The number of fused-ring (bicyclic) bond motifs is 1. The maximum absolute atomic E-state index is 13.1. The molecule has 0 unspecified atom stereocenters. The van der Waals surface area contributed by atoms with Crippen LogP contribution < -0.4 is 4.74 Å². The average Bonchev–Trinajstić information content (AvgIpc) is 2.69. The molecule has 3 nitrogen and oxygen atoms in total. The quantitative estimate of drug-likeness (QED) is 0.256. The van der Waals surface area contributed by atoms with Crippen LogP contribution in [0.4, 0.5) is 0 Å². The smallest absolute Gasteiger partial charge is 0.344 e. The molecule has 0 atom stereocenters. The summed E-state index contributed by atoms with van der Waals surface area (Å²) in [7, 11) is 0. The van der Waals surface area contributed by atoms with E-state index in [2.05, 4.69) is 22.0 Å². The maximum Gasteiger partial charge on any atom is 0.344 e. The number of hydrogen-bond donors (Lipinski definition) is 0. The van der Waals surface area contributed by atoms with Crippen LogP contribution in [-0.2, 0) is 0 Å². The van der Waals surface area contributed by atoms with Gasteiger partial charge in [0.25, 0.3) is 0 Å². The van der Waals surface area contributed by atoms with Crippen LogP contribution in [0.25, 0.3) is 22.2 Å². The van der Waals surface area contributed by atoms with Crippen molar-refractivity contribution in [2.45, 2.75) is 20.8 Å². The van der Waals surface area contributed by atoms with Crippen molar-refractivity contribution in [2.75, 3.05) is 0 Å². The molecule has 0 saturated heterocycles. The second-order valence-electron chi connectivity index (χ2n) is 7.24. The summed E-state index contributed by atoms with van der Waals surface area (Å²) in [6, 6.07) is 21.3. The Morgan fingerprint density at radius 2 is 1.55 bits per heavy atom. The Balaban J connectivity index is 1.86. The van der Waals surface area contributed by atoms with Gasteiger partial charge in [0.1, 0.15) is 5.75 Å². The fourth-order valence-electron chi connectivity index (χ4n) is 3.39. The molecule has 0 radical (unpaired) electrons. The molecular weight excluding hydrogens is 426 g/mol. The van der Waals surface area contributed by atoms with Crippen molar-refractivity contribution in [3.05, 3.63) is 93.5 Å². The van der Waals surface area contributed by atoms with Gasteiger partial charge in [0.2, 0.25) is 0 Å². The van der Waals surface area contributed by atoms with Crippen molar-refractivity contribution in [3.63, 3.8) is 0 Å². The molecule has 0 N–H and O–H groups in total. The molecule has 4 heteroatoms. The zero-order valence-corrected chi connectivity index (χ0v) is 18.1. The van der Waals surface area contributed by atoms with Crippen LogP contribution in [0.1, 0.15) is 27.0 Å². The first-order chi connectivity index (χ1) is 13.9. The van der Waals surface area contributed by atoms with Crippen molar-refractivity contribution in [3.8, 4) is 17.0 Å². The maximum atomic E-state index is 13.1. The predicted molar refractivity (Wildman–Crippen MR) is 120 cm³/mol. The molecule has 144 valence electrons. The molecule has 0 fully saturated rings. The standard InChI is InChI=1S/C25H20BrNO2/c1-15-4-6-18(7-5-15)23-14-22(21-13-16(2)12-17(3)24(21)27-23)25(28)29-20-10-8-19(26)9-11-20/h4-14H,1-3H3. The van der Waals surface area contributed by atoms with E-state index in [9.17, 15) is 4.79 Å². The Hall–Kier alpha value is -2.98. The third kappa shape index (κ3) is 4.08. The summed E-state index contributed by atoms with van der Waals surface area (Å²) in [5.41, 5.74) is 6.35. The van der Waals surface area contributed by atoms with Crippen LogP contribution in [0.15, 0.2) is 71.2 Å². The largest absolute Gasteiger partial charge is 0.423 e. The number of ether oxygens (including phenoxy) is 1. The van der Waals surface area contributed by atoms with Gasteiger partial charge in [-0.1, -0.05) is 57.4 Å². The fraction of sp³-hybridized carbons (Fsp3) is 0.120. The molecule has 0 spiro atoms. The second-order valence-corrected chi connectivity index (χ2v) is 8.16. The molecule has 4 aromatic rings. The topological polar surface area (TPSA) is 39.2 Å². The van der Waals surface area contributed by atoms with Crippen LogP contribution in [0, 0.1) is 20.8 Å². The van der Waals surface area contributed by atoms with E-state index in [1.165, 1.54) is 5.56 Å². The first kappa shape index (κ1) is 19.3. The van der Waals surface area contributed by atoms with Gasteiger partial charge >= 0.3 is 5.97 Å². The molecule has 1 heterocycles. The molecule has 3 aromatic carbocycles. The normalized spacial score (nSPS) is 10.9. The van der Waals surface area contributed by atoms with Crippen molar-refractivity contribution in [1.29, 1.82) is 0 Å².